The van der Waals surface area contributed by atoms with Crippen LogP contribution in [0.5, 0.6) is 0 Å². The van der Waals surface area contributed by atoms with Gasteiger partial charge >= 0.3 is 0 Å². The summed E-state index contributed by atoms with van der Waals surface area (Å²) in [5.74, 6) is 0.920. The minimum atomic E-state index is 0.540. The molecule has 3 rings (SSSR count). The first kappa shape index (κ1) is 12.3. The van der Waals surface area contributed by atoms with Crippen molar-refractivity contribution in [2.45, 2.75) is 19.5 Å². The molecule has 1 aromatic carbocycles. The third-order valence-corrected chi connectivity index (χ3v) is 3.47. The molecule has 0 spiro atoms. The number of aromatic nitrogens is 2. The van der Waals surface area contributed by atoms with E-state index in [1.165, 1.54) is 11.1 Å². The molecule has 0 aliphatic carbocycles. The number of nitrogens with one attached hydrogen (secondary N) is 3. The summed E-state index contributed by atoms with van der Waals surface area (Å²) in [5, 5.41) is 6.74. The Labute approximate surface area is 117 Å². The highest BCUT2D eigenvalue weighted by atomic mass is 32.1. The van der Waals surface area contributed by atoms with Crippen LogP contribution in [0, 0.1) is 4.77 Å². The van der Waals surface area contributed by atoms with Gasteiger partial charge in [0.05, 0.1) is 0 Å². The minimum Gasteiger partial charge on any atom is -0.366 e. The highest BCUT2D eigenvalue weighted by Crippen LogP contribution is 2.19. The topological polar surface area (TPSA) is 52.7 Å². The Bertz CT molecular complexity index is 621. The molecule has 5 heteroatoms. The van der Waals surface area contributed by atoms with Gasteiger partial charge in [-0.25, -0.2) is 4.98 Å². The van der Waals surface area contributed by atoms with Crippen LogP contribution in [0.3, 0.4) is 0 Å². The Hall–Kier alpha value is -1.72. The molecular weight excluding hydrogens is 256 g/mol. The van der Waals surface area contributed by atoms with Crippen LogP contribution in [-0.4, -0.2) is 16.5 Å². The Balaban J connectivity index is 1.84. The van der Waals surface area contributed by atoms with E-state index < -0.39 is 0 Å². The van der Waals surface area contributed by atoms with Gasteiger partial charge in [-0.3, -0.25) is 0 Å². The maximum Gasteiger partial charge on any atom is 0.199 e. The number of nitrogens with zero attached hydrogens (tertiary/aromatic N) is 1. The highest BCUT2D eigenvalue weighted by Gasteiger charge is 2.14. The van der Waals surface area contributed by atoms with Crippen molar-refractivity contribution in [3.05, 3.63) is 51.9 Å². The van der Waals surface area contributed by atoms with Crippen LogP contribution < -0.4 is 10.6 Å². The van der Waals surface area contributed by atoms with Crippen molar-refractivity contribution in [1.82, 2.24) is 15.3 Å². The third kappa shape index (κ3) is 2.83. The van der Waals surface area contributed by atoms with E-state index in [1.807, 2.05) is 18.2 Å². The zero-order valence-corrected chi connectivity index (χ0v) is 11.4. The van der Waals surface area contributed by atoms with Gasteiger partial charge < -0.3 is 15.6 Å². The van der Waals surface area contributed by atoms with Gasteiger partial charge in [0.1, 0.15) is 5.82 Å². The normalized spacial score (nSPS) is 13.9. The summed E-state index contributed by atoms with van der Waals surface area (Å²) in [6.45, 7) is 2.59. The average Bonchev–Trinajstić information content (AvgIpc) is 2.45. The maximum atomic E-state index is 5.18. The van der Waals surface area contributed by atoms with E-state index in [4.69, 9.17) is 12.2 Å². The molecule has 1 aliphatic heterocycles. The standard InChI is InChI=1S/C14H16N4S/c19-14-17-12-9-15-7-6-11(12)13(18-14)16-8-10-4-2-1-3-5-10/h1-5,15H,6-9H2,(H2,16,17,18,19). The van der Waals surface area contributed by atoms with Crippen molar-refractivity contribution < 1.29 is 0 Å². The molecule has 0 saturated heterocycles. The Morgan fingerprint density at radius 3 is 2.95 bits per heavy atom. The summed E-state index contributed by atoms with van der Waals surface area (Å²) in [4.78, 5) is 7.59. The van der Waals surface area contributed by atoms with Gasteiger partial charge in [0.2, 0.25) is 0 Å². The predicted octanol–water partition coefficient (Wildman–Crippen LogP) is 2.40. The molecule has 0 amide bonds. The van der Waals surface area contributed by atoms with Crippen LogP contribution in [0.2, 0.25) is 0 Å². The number of fused-ring (bicyclic) bond motifs is 1. The summed E-state index contributed by atoms with van der Waals surface area (Å²) in [5.41, 5.74) is 3.65. The Kier molecular flexibility index (Phi) is 3.57. The lowest BCUT2D eigenvalue weighted by molar-refractivity contribution is 0.622. The maximum absolute atomic E-state index is 5.18. The lowest BCUT2D eigenvalue weighted by Crippen LogP contribution is -2.26. The van der Waals surface area contributed by atoms with Crippen LogP contribution in [0.4, 0.5) is 5.82 Å². The monoisotopic (exact) mass is 272 g/mol. The number of hydrogen-bond acceptors (Lipinski definition) is 4. The second kappa shape index (κ2) is 5.50. The molecule has 1 aliphatic rings. The minimum absolute atomic E-state index is 0.540. The van der Waals surface area contributed by atoms with E-state index >= 15 is 0 Å². The number of rotatable bonds is 3. The number of anilines is 1. The smallest absolute Gasteiger partial charge is 0.199 e. The van der Waals surface area contributed by atoms with Crippen molar-refractivity contribution >= 4 is 18.0 Å². The van der Waals surface area contributed by atoms with E-state index in [1.54, 1.807) is 0 Å². The van der Waals surface area contributed by atoms with Crippen molar-refractivity contribution in [2.24, 2.45) is 0 Å². The van der Waals surface area contributed by atoms with E-state index in [0.717, 1.165) is 37.6 Å². The molecule has 0 radical (unpaired) electrons. The summed E-state index contributed by atoms with van der Waals surface area (Å²) >= 11 is 5.18. The largest absolute Gasteiger partial charge is 0.366 e. The van der Waals surface area contributed by atoms with Crippen molar-refractivity contribution in [3.63, 3.8) is 0 Å². The Morgan fingerprint density at radius 1 is 1.26 bits per heavy atom. The van der Waals surface area contributed by atoms with Crippen LogP contribution in [-0.2, 0) is 19.5 Å². The molecule has 0 bridgehead atoms. The fraction of sp³-hybridized carbons (Fsp3) is 0.286. The van der Waals surface area contributed by atoms with Crippen molar-refractivity contribution in [1.29, 1.82) is 0 Å². The second-order valence-electron chi connectivity index (χ2n) is 4.61. The van der Waals surface area contributed by atoms with Gasteiger partial charge in [0.15, 0.2) is 4.77 Å². The number of hydrogen-bond donors (Lipinski definition) is 3. The molecule has 98 valence electrons. The molecule has 0 atom stereocenters. The van der Waals surface area contributed by atoms with Crippen molar-refractivity contribution in [3.8, 4) is 0 Å². The van der Waals surface area contributed by atoms with Crippen LogP contribution in [0.15, 0.2) is 30.3 Å². The first-order valence-corrected chi connectivity index (χ1v) is 6.84. The fourth-order valence-corrected chi connectivity index (χ4v) is 2.53. The van der Waals surface area contributed by atoms with Gasteiger partial charge in [-0.05, 0) is 30.7 Å². The van der Waals surface area contributed by atoms with Gasteiger partial charge in [-0.15, -0.1) is 0 Å². The molecule has 0 unspecified atom stereocenters. The first-order chi connectivity index (χ1) is 9.33. The Morgan fingerprint density at radius 2 is 2.11 bits per heavy atom. The quantitative estimate of drug-likeness (QED) is 0.751. The van der Waals surface area contributed by atoms with Crippen LogP contribution in [0.1, 0.15) is 16.8 Å². The van der Waals surface area contributed by atoms with Crippen LogP contribution in [0.25, 0.3) is 0 Å². The zero-order valence-electron chi connectivity index (χ0n) is 10.6. The summed E-state index contributed by atoms with van der Waals surface area (Å²) < 4.78 is 0.540. The highest BCUT2D eigenvalue weighted by molar-refractivity contribution is 7.71. The second-order valence-corrected chi connectivity index (χ2v) is 5.00. The molecule has 2 heterocycles. The third-order valence-electron chi connectivity index (χ3n) is 3.28. The van der Waals surface area contributed by atoms with E-state index in [9.17, 15) is 0 Å². The molecule has 19 heavy (non-hydrogen) atoms. The van der Waals surface area contributed by atoms with Gasteiger partial charge in [-0.2, -0.15) is 0 Å². The average molecular weight is 272 g/mol. The molecule has 3 N–H and O–H groups in total. The molecule has 4 nitrogen and oxygen atoms in total. The van der Waals surface area contributed by atoms with Crippen LogP contribution >= 0.6 is 12.2 Å². The van der Waals surface area contributed by atoms with Gasteiger partial charge in [-0.1, -0.05) is 30.3 Å². The summed E-state index contributed by atoms with van der Waals surface area (Å²) in [6, 6.07) is 10.3. The van der Waals surface area contributed by atoms with E-state index in [-0.39, 0.29) is 0 Å². The molecule has 0 saturated carbocycles. The molecule has 1 aromatic heterocycles. The molecular formula is C14H16N4S. The zero-order chi connectivity index (χ0) is 13.1. The summed E-state index contributed by atoms with van der Waals surface area (Å²) in [7, 11) is 0. The molecule has 0 fully saturated rings. The number of benzene rings is 1. The summed E-state index contributed by atoms with van der Waals surface area (Å²) in [6.07, 6.45) is 0.978. The van der Waals surface area contributed by atoms with E-state index in [0.29, 0.717) is 4.77 Å². The fourth-order valence-electron chi connectivity index (χ4n) is 2.32. The van der Waals surface area contributed by atoms with Crippen molar-refractivity contribution in [2.75, 3.05) is 11.9 Å². The lowest BCUT2D eigenvalue weighted by Gasteiger charge is -2.20. The lowest BCUT2D eigenvalue weighted by atomic mass is 10.1. The van der Waals surface area contributed by atoms with Gasteiger partial charge in [0, 0.05) is 24.3 Å². The number of aromatic amines is 1. The predicted molar refractivity (Wildman–Crippen MR) is 78.6 cm³/mol. The number of H-pyrrole nitrogens is 1. The molecule has 2 aromatic rings. The van der Waals surface area contributed by atoms with Gasteiger partial charge in [0.25, 0.3) is 0 Å². The van der Waals surface area contributed by atoms with E-state index in [2.05, 4.69) is 32.7 Å². The first-order valence-electron chi connectivity index (χ1n) is 6.43. The SMILES string of the molecule is S=c1nc(NCc2ccccc2)c2c([nH]1)CNCC2.